The highest BCUT2D eigenvalue weighted by Crippen LogP contribution is 2.02. The largest absolute Gasteiger partial charge is 0.396 e. The molecule has 1 atom stereocenters. The Labute approximate surface area is 69.0 Å². The van der Waals surface area contributed by atoms with Gasteiger partial charge in [0.2, 0.25) is 0 Å². The van der Waals surface area contributed by atoms with E-state index in [0.717, 1.165) is 19.6 Å². The highest BCUT2D eigenvalue weighted by Gasteiger charge is 2.07. The third kappa shape index (κ3) is 6.28. The van der Waals surface area contributed by atoms with Crippen molar-refractivity contribution in [3.05, 3.63) is 0 Å². The third-order valence-electron chi connectivity index (χ3n) is 1.61. The molecule has 0 aromatic carbocycles. The van der Waals surface area contributed by atoms with E-state index in [4.69, 9.17) is 9.84 Å². The van der Waals surface area contributed by atoms with Gasteiger partial charge in [-0.2, -0.15) is 0 Å². The minimum Gasteiger partial charge on any atom is -0.396 e. The Bertz CT molecular complexity index is 86.2. The van der Waals surface area contributed by atoms with Crippen molar-refractivity contribution < 1.29 is 9.84 Å². The van der Waals surface area contributed by atoms with Crippen LogP contribution < -0.4 is 0 Å². The summed E-state index contributed by atoms with van der Waals surface area (Å²) in [4.78, 5) is 2.08. The van der Waals surface area contributed by atoms with Gasteiger partial charge in [-0.1, -0.05) is 0 Å². The molecular weight excluding hydrogens is 142 g/mol. The van der Waals surface area contributed by atoms with E-state index in [1.54, 1.807) is 7.11 Å². The van der Waals surface area contributed by atoms with Crippen LogP contribution in [0.1, 0.15) is 6.42 Å². The van der Waals surface area contributed by atoms with Crippen LogP contribution in [0.5, 0.6) is 0 Å². The number of nitrogens with zero attached hydrogens (tertiary/aromatic N) is 1. The van der Waals surface area contributed by atoms with Crippen LogP contribution in [0, 0.1) is 5.92 Å². The Morgan fingerprint density at radius 2 is 2.09 bits per heavy atom. The smallest absolute Gasteiger partial charge is 0.0472 e. The summed E-state index contributed by atoms with van der Waals surface area (Å²) in [5, 5.41) is 8.92. The predicted molar refractivity (Wildman–Crippen MR) is 45.6 cm³/mol. The zero-order valence-corrected chi connectivity index (χ0v) is 7.71. The maximum Gasteiger partial charge on any atom is 0.0472 e. The third-order valence-corrected chi connectivity index (χ3v) is 1.61. The first-order valence-corrected chi connectivity index (χ1v) is 3.95. The molecule has 0 spiro atoms. The number of hydrogen-bond donors (Lipinski definition) is 1. The number of hydrogen-bond acceptors (Lipinski definition) is 3. The quantitative estimate of drug-likeness (QED) is 0.604. The summed E-state index contributed by atoms with van der Waals surface area (Å²) in [7, 11) is 5.70. The zero-order valence-electron chi connectivity index (χ0n) is 7.71. The van der Waals surface area contributed by atoms with Gasteiger partial charge in [-0.3, -0.25) is 0 Å². The summed E-state index contributed by atoms with van der Waals surface area (Å²) in [6.07, 6.45) is 0.936. The Morgan fingerprint density at radius 3 is 2.45 bits per heavy atom. The van der Waals surface area contributed by atoms with E-state index in [1.807, 2.05) is 14.1 Å². The van der Waals surface area contributed by atoms with E-state index >= 15 is 0 Å². The van der Waals surface area contributed by atoms with Crippen molar-refractivity contribution in [2.24, 2.45) is 5.92 Å². The number of ether oxygens (including phenoxy) is 1. The molecule has 11 heavy (non-hydrogen) atoms. The molecule has 0 saturated heterocycles. The van der Waals surface area contributed by atoms with Gasteiger partial charge < -0.3 is 14.7 Å². The Kier molecular flexibility index (Phi) is 6.51. The minimum atomic E-state index is 0.252. The minimum absolute atomic E-state index is 0.252. The first kappa shape index (κ1) is 10.9. The van der Waals surface area contributed by atoms with Gasteiger partial charge in [0.25, 0.3) is 0 Å². The van der Waals surface area contributed by atoms with Crippen LogP contribution in [0.25, 0.3) is 0 Å². The Morgan fingerprint density at radius 1 is 1.45 bits per heavy atom. The van der Waals surface area contributed by atoms with E-state index in [0.29, 0.717) is 5.92 Å². The summed E-state index contributed by atoms with van der Waals surface area (Å²) >= 11 is 0. The molecule has 1 unspecified atom stereocenters. The van der Waals surface area contributed by atoms with Gasteiger partial charge in [-0.25, -0.2) is 0 Å². The van der Waals surface area contributed by atoms with Crippen LogP contribution in [0.2, 0.25) is 0 Å². The summed E-state index contributed by atoms with van der Waals surface area (Å²) in [6.45, 7) is 1.92. The summed E-state index contributed by atoms with van der Waals surface area (Å²) < 4.78 is 4.93. The Balaban J connectivity index is 3.41. The first-order chi connectivity index (χ1) is 5.20. The number of methoxy groups -OCH3 is 1. The summed E-state index contributed by atoms with van der Waals surface area (Å²) in [5.74, 6) is 0.352. The van der Waals surface area contributed by atoms with Crippen molar-refractivity contribution in [1.29, 1.82) is 0 Å². The van der Waals surface area contributed by atoms with Crippen molar-refractivity contribution >= 4 is 0 Å². The van der Waals surface area contributed by atoms with E-state index in [-0.39, 0.29) is 6.61 Å². The van der Waals surface area contributed by atoms with E-state index in [1.165, 1.54) is 0 Å². The van der Waals surface area contributed by atoms with E-state index in [2.05, 4.69) is 4.90 Å². The van der Waals surface area contributed by atoms with Crippen LogP contribution >= 0.6 is 0 Å². The molecule has 0 saturated carbocycles. The fraction of sp³-hybridized carbons (Fsp3) is 1.00. The maximum absolute atomic E-state index is 8.92. The zero-order chi connectivity index (χ0) is 8.69. The molecule has 0 aliphatic carbocycles. The number of rotatable bonds is 6. The highest BCUT2D eigenvalue weighted by atomic mass is 16.5. The van der Waals surface area contributed by atoms with Crippen molar-refractivity contribution in [1.82, 2.24) is 4.90 Å². The molecule has 3 heteroatoms. The first-order valence-electron chi connectivity index (χ1n) is 3.95. The van der Waals surface area contributed by atoms with Crippen molar-refractivity contribution in [2.75, 3.05) is 41.0 Å². The molecule has 0 radical (unpaired) electrons. The van der Waals surface area contributed by atoms with Gasteiger partial charge in [0.1, 0.15) is 0 Å². The average molecular weight is 161 g/mol. The van der Waals surface area contributed by atoms with Gasteiger partial charge in [0, 0.05) is 26.9 Å². The van der Waals surface area contributed by atoms with Gasteiger partial charge in [0.05, 0.1) is 0 Å². The van der Waals surface area contributed by atoms with Crippen LogP contribution in [-0.2, 0) is 4.74 Å². The van der Waals surface area contributed by atoms with Crippen LogP contribution in [0.4, 0.5) is 0 Å². The molecule has 0 aromatic heterocycles. The van der Waals surface area contributed by atoms with Crippen molar-refractivity contribution in [2.45, 2.75) is 6.42 Å². The van der Waals surface area contributed by atoms with Crippen LogP contribution in [0.15, 0.2) is 0 Å². The van der Waals surface area contributed by atoms with E-state index in [9.17, 15) is 0 Å². The number of aliphatic hydroxyl groups excluding tert-OH is 1. The molecule has 1 N–H and O–H groups in total. The van der Waals surface area contributed by atoms with E-state index < -0.39 is 0 Å². The molecule has 3 nitrogen and oxygen atoms in total. The van der Waals surface area contributed by atoms with Gasteiger partial charge in [0.15, 0.2) is 0 Å². The summed E-state index contributed by atoms with van der Waals surface area (Å²) in [5.41, 5.74) is 0. The van der Waals surface area contributed by atoms with Gasteiger partial charge in [-0.15, -0.1) is 0 Å². The van der Waals surface area contributed by atoms with Crippen LogP contribution in [-0.4, -0.2) is 51.0 Å². The van der Waals surface area contributed by atoms with Crippen molar-refractivity contribution in [3.63, 3.8) is 0 Å². The molecule has 0 rings (SSSR count). The lowest BCUT2D eigenvalue weighted by Crippen LogP contribution is -2.25. The molecule has 0 aromatic rings. The van der Waals surface area contributed by atoms with Gasteiger partial charge in [-0.05, 0) is 26.4 Å². The summed E-state index contributed by atoms with van der Waals surface area (Å²) in [6, 6.07) is 0. The fourth-order valence-corrected chi connectivity index (χ4v) is 1.04. The lowest BCUT2D eigenvalue weighted by atomic mass is 10.1. The highest BCUT2D eigenvalue weighted by molar-refractivity contribution is 4.59. The SMILES string of the molecule is COCCC(CO)CN(C)C. The molecule has 0 aliphatic heterocycles. The standard InChI is InChI=1S/C8H19NO2/c1-9(2)6-8(7-10)4-5-11-3/h8,10H,4-7H2,1-3H3. The van der Waals surface area contributed by atoms with Crippen molar-refractivity contribution in [3.8, 4) is 0 Å². The Hall–Kier alpha value is -0.120. The predicted octanol–water partition coefficient (Wildman–Crippen LogP) is 0.193. The molecule has 0 heterocycles. The maximum atomic E-state index is 8.92. The lowest BCUT2D eigenvalue weighted by Gasteiger charge is -2.18. The molecular formula is C8H19NO2. The number of aliphatic hydroxyl groups is 1. The lowest BCUT2D eigenvalue weighted by molar-refractivity contribution is 0.132. The van der Waals surface area contributed by atoms with Gasteiger partial charge >= 0.3 is 0 Å². The normalized spacial score (nSPS) is 13.9. The monoisotopic (exact) mass is 161 g/mol. The van der Waals surface area contributed by atoms with Crippen LogP contribution in [0.3, 0.4) is 0 Å². The molecule has 0 bridgehead atoms. The fourth-order valence-electron chi connectivity index (χ4n) is 1.04. The second-order valence-electron chi connectivity index (χ2n) is 3.09. The average Bonchev–Trinajstić information content (AvgIpc) is 1.97. The molecule has 68 valence electrons. The second-order valence-corrected chi connectivity index (χ2v) is 3.09. The second kappa shape index (κ2) is 6.58. The molecule has 0 fully saturated rings. The molecule has 0 aliphatic rings. The molecule has 0 amide bonds. The topological polar surface area (TPSA) is 32.7 Å².